The summed E-state index contributed by atoms with van der Waals surface area (Å²) in [7, 11) is 0. The van der Waals surface area contributed by atoms with Crippen molar-refractivity contribution in [3.05, 3.63) is 28.2 Å². The molecule has 1 aliphatic rings. The van der Waals surface area contributed by atoms with Crippen molar-refractivity contribution < 1.29 is 5.11 Å². The number of rotatable bonds is 2. The molecule has 1 saturated carbocycles. The van der Waals surface area contributed by atoms with E-state index < -0.39 is 0 Å². The molecule has 2 unspecified atom stereocenters. The molecule has 1 N–H and O–H groups in total. The van der Waals surface area contributed by atoms with E-state index in [1.54, 1.807) is 17.8 Å². The highest BCUT2D eigenvalue weighted by atomic mass is 35.5. The average molecular weight is 291 g/mol. The van der Waals surface area contributed by atoms with Crippen molar-refractivity contribution in [3.8, 4) is 0 Å². The third kappa shape index (κ3) is 4.06. The fourth-order valence-electron chi connectivity index (χ4n) is 2.16. The summed E-state index contributed by atoms with van der Waals surface area (Å²) in [4.78, 5) is 1.05. The van der Waals surface area contributed by atoms with E-state index in [4.69, 9.17) is 23.2 Å². The standard InChI is InChI=1S/C13H16Cl2OS/c14-9-6-10(15)8-11(7-9)17-13-5-3-1-2-4-12(13)16/h6-8,12-13,16H,1-5H2. The molecule has 0 amide bonds. The van der Waals surface area contributed by atoms with Gasteiger partial charge >= 0.3 is 0 Å². The van der Waals surface area contributed by atoms with Crippen molar-refractivity contribution in [2.75, 3.05) is 0 Å². The first-order valence-electron chi connectivity index (χ1n) is 5.96. The molecular weight excluding hydrogens is 275 g/mol. The molecule has 0 radical (unpaired) electrons. The normalized spacial score (nSPS) is 25.6. The van der Waals surface area contributed by atoms with Gasteiger partial charge in [-0.25, -0.2) is 0 Å². The molecule has 0 heterocycles. The Hall–Kier alpha value is 0.110. The highest BCUT2D eigenvalue weighted by Crippen LogP contribution is 2.35. The quantitative estimate of drug-likeness (QED) is 0.791. The Kier molecular flexibility index (Phi) is 5.04. The zero-order valence-electron chi connectivity index (χ0n) is 9.53. The van der Waals surface area contributed by atoms with Gasteiger partial charge in [0.2, 0.25) is 0 Å². The van der Waals surface area contributed by atoms with Crippen LogP contribution in [0.2, 0.25) is 10.0 Å². The lowest BCUT2D eigenvalue weighted by Crippen LogP contribution is -2.21. The zero-order valence-corrected chi connectivity index (χ0v) is 11.9. The van der Waals surface area contributed by atoms with Gasteiger partial charge in [0.1, 0.15) is 0 Å². The molecule has 1 aliphatic carbocycles. The van der Waals surface area contributed by atoms with Gasteiger partial charge in [-0.05, 0) is 31.0 Å². The first kappa shape index (κ1) is 13.5. The van der Waals surface area contributed by atoms with E-state index in [0.717, 1.165) is 24.2 Å². The number of thioether (sulfide) groups is 1. The Bertz CT molecular complexity index is 363. The highest BCUT2D eigenvalue weighted by Gasteiger charge is 2.22. The lowest BCUT2D eigenvalue weighted by molar-refractivity contribution is 0.163. The smallest absolute Gasteiger partial charge is 0.0662 e. The van der Waals surface area contributed by atoms with Gasteiger partial charge in [0.05, 0.1) is 6.10 Å². The van der Waals surface area contributed by atoms with Gasteiger partial charge in [0.25, 0.3) is 0 Å². The molecule has 1 aromatic carbocycles. The summed E-state index contributed by atoms with van der Waals surface area (Å²) in [6.45, 7) is 0. The Morgan fingerprint density at radius 3 is 2.35 bits per heavy atom. The van der Waals surface area contributed by atoms with Gasteiger partial charge in [0, 0.05) is 20.2 Å². The summed E-state index contributed by atoms with van der Waals surface area (Å²) in [5, 5.41) is 11.6. The average Bonchev–Trinajstić information content (AvgIpc) is 2.43. The van der Waals surface area contributed by atoms with E-state index in [0.29, 0.717) is 10.0 Å². The second-order valence-electron chi connectivity index (χ2n) is 4.47. The molecule has 2 rings (SSSR count). The summed E-state index contributed by atoms with van der Waals surface area (Å²) in [5.74, 6) is 0. The molecule has 17 heavy (non-hydrogen) atoms. The van der Waals surface area contributed by atoms with Gasteiger partial charge in [-0.1, -0.05) is 42.5 Å². The number of aliphatic hydroxyl groups excluding tert-OH is 1. The molecule has 0 aliphatic heterocycles. The van der Waals surface area contributed by atoms with Crippen molar-refractivity contribution in [2.24, 2.45) is 0 Å². The predicted octanol–water partition coefficient (Wildman–Crippen LogP) is 4.78. The second-order valence-corrected chi connectivity index (χ2v) is 6.65. The molecule has 1 aromatic rings. The first-order valence-corrected chi connectivity index (χ1v) is 7.59. The van der Waals surface area contributed by atoms with Crippen molar-refractivity contribution in [3.63, 3.8) is 0 Å². The predicted molar refractivity (Wildman–Crippen MR) is 75.2 cm³/mol. The van der Waals surface area contributed by atoms with Crippen LogP contribution in [0.5, 0.6) is 0 Å². The Labute approximate surface area is 117 Å². The molecule has 0 saturated heterocycles. The van der Waals surface area contributed by atoms with Crippen LogP contribution in [0.4, 0.5) is 0 Å². The molecule has 94 valence electrons. The maximum absolute atomic E-state index is 10.1. The zero-order chi connectivity index (χ0) is 12.3. The summed E-state index contributed by atoms with van der Waals surface area (Å²) in [6, 6.07) is 5.56. The Balaban J connectivity index is 2.07. The topological polar surface area (TPSA) is 20.2 Å². The molecule has 2 atom stereocenters. The van der Waals surface area contributed by atoms with E-state index >= 15 is 0 Å². The molecule has 0 aromatic heterocycles. The summed E-state index contributed by atoms with van der Waals surface area (Å²) in [6.07, 6.45) is 5.32. The van der Waals surface area contributed by atoms with Gasteiger partial charge in [0.15, 0.2) is 0 Å². The third-order valence-electron chi connectivity index (χ3n) is 3.04. The van der Waals surface area contributed by atoms with E-state index in [9.17, 15) is 5.11 Å². The number of aliphatic hydroxyl groups is 1. The Morgan fingerprint density at radius 2 is 1.65 bits per heavy atom. The van der Waals surface area contributed by atoms with E-state index in [2.05, 4.69) is 0 Å². The van der Waals surface area contributed by atoms with Crippen LogP contribution in [-0.2, 0) is 0 Å². The molecular formula is C13H16Cl2OS. The second kappa shape index (κ2) is 6.33. The van der Waals surface area contributed by atoms with Crippen LogP contribution < -0.4 is 0 Å². The summed E-state index contributed by atoms with van der Waals surface area (Å²) < 4.78 is 0. The lowest BCUT2D eigenvalue weighted by atomic mass is 10.1. The van der Waals surface area contributed by atoms with Crippen molar-refractivity contribution in [1.82, 2.24) is 0 Å². The molecule has 0 bridgehead atoms. The van der Waals surface area contributed by atoms with Crippen LogP contribution in [-0.4, -0.2) is 16.5 Å². The maximum atomic E-state index is 10.1. The van der Waals surface area contributed by atoms with Crippen molar-refractivity contribution in [1.29, 1.82) is 0 Å². The minimum absolute atomic E-state index is 0.208. The van der Waals surface area contributed by atoms with Crippen LogP contribution in [0.3, 0.4) is 0 Å². The van der Waals surface area contributed by atoms with Crippen LogP contribution in [0.1, 0.15) is 32.1 Å². The minimum Gasteiger partial charge on any atom is -0.392 e. The van der Waals surface area contributed by atoms with Gasteiger partial charge in [-0.2, -0.15) is 0 Å². The van der Waals surface area contributed by atoms with Crippen LogP contribution >= 0.6 is 35.0 Å². The van der Waals surface area contributed by atoms with E-state index in [1.165, 1.54) is 12.8 Å². The van der Waals surface area contributed by atoms with Crippen molar-refractivity contribution >= 4 is 35.0 Å². The fourth-order valence-corrected chi connectivity index (χ4v) is 4.14. The number of hydrogen-bond donors (Lipinski definition) is 1. The van der Waals surface area contributed by atoms with Gasteiger partial charge in [-0.3, -0.25) is 0 Å². The van der Waals surface area contributed by atoms with Crippen molar-refractivity contribution in [2.45, 2.75) is 48.4 Å². The van der Waals surface area contributed by atoms with Gasteiger partial charge < -0.3 is 5.11 Å². The maximum Gasteiger partial charge on any atom is 0.0662 e. The first-order chi connectivity index (χ1) is 8.15. The summed E-state index contributed by atoms with van der Waals surface area (Å²) in [5.41, 5.74) is 0. The van der Waals surface area contributed by atoms with Crippen LogP contribution in [0.15, 0.2) is 23.1 Å². The van der Waals surface area contributed by atoms with E-state index in [-0.39, 0.29) is 11.4 Å². The molecule has 1 fully saturated rings. The van der Waals surface area contributed by atoms with Crippen LogP contribution in [0.25, 0.3) is 0 Å². The van der Waals surface area contributed by atoms with E-state index in [1.807, 2.05) is 12.1 Å². The lowest BCUT2D eigenvalue weighted by Gasteiger charge is -2.19. The third-order valence-corrected chi connectivity index (χ3v) is 4.84. The molecule has 0 spiro atoms. The summed E-state index contributed by atoms with van der Waals surface area (Å²) >= 11 is 13.6. The number of hydrogen-bond acceptors (Lipinski definition) is 2. The highest BCUT2D eigenvalue weighted by molar-refractivity contribution is 8.00. The SMILES string of the molecule is OC1CCCCCC1Sc1cc(Cl)cc(Cl)c1. The van der Waals surface area contributed by atoms with Gasteiger partial charge in [-0.15, -0.1) is 11.8 Å². The monoisotopic (exact) mass is 290 g/mol. The molecule has 4 heteroatoms. The number of benzene rings is 1. The largest absolute Gasteiger partial charge is 0.392 e. The Morgan fingerprint density at radius 1 is 1.00 bits per heavy atom. The minimum atomic E-state index is -0.208. The number of halogens is 2. The fraction of sp³-hybridized carbons (Fsp3) is 0.538. The van der Waals surface area contributed by atoms with Crippen LogP contribution in [0, 0.1) is 0 Å². The molecule has 1 nitrogen and oxygen atoms in total.